The standard InChI is InChI=1S/C43H92N4O26S4/c1-44(2,3)14-11-16-46(7,8)18-22-61-26-33-68-42(40(38-64-29-36-72-76(54,55)56)66-31-24-60-20-13-21-70-74(48,49)50)43(69-34-27-62-23-19-47(9,10)17-12-15-45(4,5)6)41(39-65-30-37-73-77(57,58)59)67-32-25-63-28-35-71-75(51,52)53/h40-43H,11-39H2,1-10H3/p+1. The van der Waals surface area contributed by atoms with Gasteiger partial charge < -0.3 is 79.0 Å². The van der Waals surface area contributed by atoms with Gasteiger partial charge in [-0.1, -0.05) is 0 Å². The summed E-state index contributed by atoms with van der Waals surface area (Å²) in [5.74, 6) is 0. The molecule has 77 heavy (non-hydrogen) atoms. The fraction of sp³-hybridized carbons (Fsp3) is 1.00. The Labute approximate surface area is 459 Å². The van der Waals surface area contributed by atoms with Crippen molar-refractivity contribution >= 4 is 41.6 Å². The highest BCUT2D eigenvalue weighted by Crippen LogP contribution is 2.21. The Balaban J connectivity index is 7.01. The van der Waals surface area contributed by atoms with E-state index in [1.807, 2.05) is 0 Å². The van der Waals surface area contributed by atoms with Gasteiger partial charge in [-0.05, 0) is 6.42 Å². The van der Waals surface area contributed by atoms with Gasteiger partial charge in [0.25, 0.3) is 0 Å². The smallest absolute Gasteiger partial charge is 0.397 e. The summed E-state index contributed by atoms with van der Waals surface area (Å²) in [7, 11) is 1.37. The fourth-order valence-electron chi connectivity index (χ4n) is 6.82. The third-order valence-corrected chi connectivity index (χ3v) is 12.5. The zero-order chi connectivity index (χ0) is 58.7. The number of quaternary nitrogens is 4. The highest BCUT2D eigenvalue weighted by molar-refractivity contribution is 7.81. The van der Waals surface area contributed by atoms with Gasteiger partial charge in [0.05, 0.1) is 222 Å². The van der Waals surface area contributed by atoms with Gasteiger partial charge >= 0.3 is 10.4 Å². The first kappa shape index (κ1) is 75.9. The summed E-state index contributed by atoms with van der Waals surface area (Å²) in [4.78, 5) is 0. The molecule has 0 radical (unpaired) electrons. The van der Waals surface area contributed by atoms with Crippen LogP contribution in [0, 0.1) is 0 Å². The minimum atomic E-state index is -5.08. The number of hydrogen-bond acceptors (Lipinski definition) is 25. The van der Waals surface area contributed by atoms with Crippen LogP contribution in [0.25, 0.3) is 0 Å². The number of ether oxygens (including phenoxy) is 10. The predicted octanol–water partition coefficient (Wildman–Crippen LogP) is -2.39. The highest BCUT2D eigenvalue weighted by Gasteiger charge is 2.39. The van der Waals surface area contributed by atoms with E-state index in [0.29, 0.717) is 35.3 Å². The molecule has 0 aromatic carbocycles. The Morgan fingerprint density at radius 2 is 0.649 bits per heavy atom. The van der Waals surface area contributed by atoms with Crippen LogP contribution in [0.2, 0.25) is 0 Å². The van der Waals surface area contributed by atoms with Gasteiger partial charge in [0.2, 0.25) is 31.2 Å². The monoisotopic (exact) mass is 1210 g/mol. The number of nitrogens with zero attached hydrogens (tertiary/aromatic N) is 4. The molecule has 30 nitrogen and oxygen atoms in total. The van der Waals surface area contributed by atoms with Crippen molar-refractivity contribution in [2.45, 2.75) is 43.7 Å². The zero-order valence-corrected chi connectivity index (χ0v) is 50.2. The van der Waals surface area contributed by atoms with Gasteiger partial charge in [0, 0.05) is 19.4 Å². The van der Waals surface area contributed by atoms with E-state index >= 15 is 0 Å². The molecule has 0 saturated carbocycles. The lowest BCUT2D eigenvalue weighted by molar-refractivity contribution is -0.902. The molecule has 464 valence electrons. The maximum absolute atomic E-state index is 11.3. The van der Waals surface area contributed by atoms with Crippen molar-refractivity contribution in [2.75, 3.05) is 242 Å². The van der Waals surface area contributed by atoms with Crippen LogP contribution in [0.3, 0.4) is 0 Å². The second kappa shape index (κ2) is 39.4. The van der Waals surface area contributed by atoms with Gasteiger partial charge in [-0.25, -0.2) is 29.4 Å². The van der Waals surface area contributed by atoms with Crippen LogP contribution in [0.5, 0.6) is 0 Å². The first-order valence-corrected chi connectivity index (χ1v) is 30.5. The lowest BCUT2D eigenvalue weighted by Gasteiger charge is -2.37. The van der Waals surface area contributed by atoms with Crippen LogP contribution in [0.15, 0.2) is 0 Å². The molecule has 0 saturated heterocycles. The highest BCUT2D eigenvalue weighted by atomic mass is 32.3. The largest absolute Gasteiger partial charge is 0.726 e. The maximum atomic E-state index is 11.3. The van der Waals surface area contributed by atoms with Gasteiger partial charge in [0.1, 0.15) is 37.5 Å². The quantitative estimate of drug-likeness (QED) is 0.0287. The van der Waals surface area contributed by atoms with Crippen molar-refractivity contribution in [3.63, 3.8) is 0 Å². The van der Waals surface area contributed by atoms with Crippen molar-refractivity contribution in [1.29, 1.82) is 0 Å². The molecule has 0 fully saturated rings. The molecule has 0 aliphatic carbocycles. The van der Waals surface area contributed by atoms with Gasteiger partial charge in [0.15, 0.2) is 0 Å². The predicted molar refractivity (Wildman–Crippen MR) is 272 cm³/mol. The summed E-state index contributed by atoms with van der Waals surface area (Å²) in [6, 6.07) is 0. The van der Waals surface area contributed by atoms with Gasteiger partial charge in [-0.15, -0.1) is 0 Å². The SMILES string of the molecule is C[N+](C)(C)CCC[N+](C)(C)CCOCCOC(C(COCCOS(=O)(=O)[O-])OCCOCCCOS(=O)(=O)[O-])C(OCCOCC[N+](C)(C)CCC[N+](C)(C)C)C(COCCOS(=O)(=O)O)OCCOCCOS(=O)(=O)[O-]. The van der Waals surface area contributed by atoms with E-state index in [4.69, 9.17) is 51.9 Å². The molecule has 0 bridgehead atoms. The average Bonchev–Trinajstić information content (AvgIpc) is 3.25. The average molecular weight is 1210 g/mol. The molecule has 4 unspecified atom stereocenters. The Bertz CT molecular complexity index is 1960. The Morgan fingerprint density at radius 3 is 1.01 bits per heavy atom. The second-order valence-corrected chi connectivity index (χ2v) is 25.1. The molecular formula is C43H93N4O26S4+. The second-order valence-electron chi connectivity index (χ2n) is 20.9. The van der Waals surface area contributed by atoms with E-state index < -0.39 is 106 Å². The normalized spacial score (nSPS) is 15.2. The van der Waals surface area contributed by atoms with Crippen LogP contribution in [0.4, 0.5) is 0 Å². The summed E-state index contributed by atoms with van der Waals surface area (Å²) < 4.78 is 211. The molecular weight excluding hydrogens is 1120 g/mol. The Kier molecular flexibility index (Phi) is 38.9. The molecule has 34 heteroatoms. The summed E-state index contributed by atoms with van der Waals surface area (Å²) >= 11 is 0. The minimum absolute atomic E-state index is 0.0303. The van der Waals surface area contributed by atoms with E-state index in [0.717, 1.165) is 48.0 Å². The minimum Gasteiger partial charge on any atom is -0.726 e. The summed E-state index contributed by atoms with van der Waals surface area (Å²) in [6.07, 6.45) is -2.79. The number of hydrogen-bond donors (Lipinski definition) is 1. The van der Waals surface area contributed by atoms with Crippen LogP contribution in [-0.4, -0.2) is 336 Å². The van der Waals surface area contributed by atoms with Crippen molar-refractivity contribution in [2.24, 2.45) is 0 Å². The maximum Gasteiger partial charge on any atom is 0.397 e. The van der Waals surface area contributed by atoms with E-state index in [-0.39, 0.29) is 85.7 Å². The van der Waals surface area contributed by atoms with E-state index in [2.05, 4.69) is 87.2 Å². The third-order valence-electron chi connectivity index (χ3n) is 10.7. The molecule has 0 aromatic heterocycles. The fourth-order valence-corrected chi connectivity index (χ4v) is 7.96. The lowest BCUT2D eigenvalue weighted by Crippen LogP contribution is -2.53. The Morgan fingerprint density at radius 1 is 0.338 bits per heavy atom. The summed E-state index contributed by atoms with van der Waals surface area (Å²) in [6.45, 7) is 0.871. The van der Waals surface area contributed by atoms with Crippen LogP contribution >= 0.6 is 0 Å². The molecule has 0 aromatic rings. The topological polar surface area (TPSA) is 355 Å². The third kappa shape index (κ3) is 51.5. The molecule has 0 heterocycles. The van der Waals surface area contributed by atoms with E-state index in [1.54, 1.807) is 0 Å². The molecule has 4 atom stereocenters. The molecule has 0 aliphatic heterocycles. The molecule has 0 rings (SSSR count). The molecule has 0 aliphatic rings. The van der Waals surface area contributed by atoms with Gasteiger partial charge in [-0.2, -0.15) is 8.42 Å². The van der Waals surface area contributed by atoms with Crippen LogP contribution in [0.1, 0.15) is 19.3 Å². The van der Waals surface area contributed by atoms with Crippen molar-refractivity contribution in [3.8, 4) is 0 Å². The van der Waals surface area contributed by atoms with E-state index in [9.17, 15) is 47.3 Å². The first-order valence-electron chi connectivity index (χ1n) is 25.1. The number of rotatable bonds is 54. The zero-order valence-electron chi connectivity index (χ0n) is 46.9. The molecule has 1 N–H and O–H groups in total. The van der Waals surface area contributed by atoms with Crippen LogP contribution < -0.4 is 0 Å². The molecule has 0 spiro atoms. The van der Waals surface area contributed by atoms with E-state index in [1.165, 1.54) is 0 Å². The summed E-state index contributed by atoms with van der Waals surface area (Å²) in [5, 5.41) is 0. The number of likely N-dealkylation sites (N-methyl/N-ethyl adjacent to an activating group) is 2. The molecule has 0 amide bonds. The van der Waals surface area contributed by atoms with Crippen LogP contribution in [-0.2, 0) is 106 Å². The van der Waals surface area contributed by atoms with Crippen molar-refractivity contribution in [1.82, 2.24) is 0 Å². The van der Waals surface area contributed by atoms with Crippen molar-refractivity contribution < 1.29 is 134 Å². The van der Waals surface area contributed by atoms with Gasteiger partial charge in [-0.3, -0.25) is 17.1 Å². The lowest BCUT2D eigenvalue weighted by atomic mass is 10.0. The first-order chi connectivity index (χ1) is 35.5. The van der Waals surface area contributed by atoms with Crippen molar-refractivity contribution in [3.05, 3.63) is 0 Å². The Hall–Kier alpha value is -1.08. The summed E-state index contributed by atoms with van der Waals surface area (Å²) in [5.41, 5.74) is 0.